The summed E-state index contributed by atoms with van der Waals surface area (Å²) < 4.78 is 6.22. The SMILES string of the molecule is CCCCCCCCCCCC(Cc1cnccn1)Oc1ccccc1. The topological polar surface area (TPSA) is 35.0 Å². The Bertz CT molecular complexity index is 517. The highest BCUT2D eigenvalue weighted by Crippen LogP contribution is 2.18. The van der Waals surface area contributed by atoms with Gasteiger partial charge in [0.2, 0.25) is 0 Å². The van der Waals surface area contributed by atoms with Crippen LogP contribution in [0, 0.1) is 0 Å². The molecule has 0 saturated heterocycles. The van der Waals surface area contributed by atoms with Crippen LogP contribution in [0.3, 0.4) is 0 Å². The Morgan fingerprint density at radius 2 is 1.54 bits per heavy atom. The molecule has 0 fully saturated rings. The first-order valence-corrected chi connectivity index (χ1v) is 10.3. The fourth-order valence-electron chi connectivity index (χ4n) is 3.25. The molecule has 3 heteroatoms. The molecule has 0 aliphatic heterocycles. The molecule has 142 valence electrons. The van der Waals surface area contributed by atoms with Crippen molar-refractivity contribution < 1.29 is 4.74 Å². The van der Waals surface area contributed by atoms with Gasteiger partial charge in [-0.25, -0.2) is 0 Å². The predicted molar refractivity (Wildman–Crippen MR) is 108 cm³/mol. The van der Waals surface area contributed by atoms with Gasteiger partial charge < -0.3 is 4.74 Å². The van der Waals surface area contributed by atoms with Crippen LogP contribution in [0.1, 0.15) is 76.8 Å². The van der Waals surface area contributed by atoms with E-state index >= 15 is 0 Å². The van der Waals surface area contributed by atoms with E-state index in [1.54, 1.807) is 12.4 Å². The average Bonchev–Trinajstić information content (AvgIpc) is 2.68. The number of hydrogen-bond donors (Lipinski definition) is 0. The van der Waals surface area contributed by atoms with Crippen molar-refractivity contribution in [1.29, 1.82) is 0 Å². The van der Waals surface area contributed by atoms with Crippen molar-refractivity contribution >= 4 is 0 Å². The summed E-state index contributed by atoms with van der Waals surface area (Å²) in [5, 5.41) is 0. The zero-order chi connectivity index (χ0) is 18.3. The van der Waals surface area contributed by atoms with Crippen molar-refractivity contribution in [2.24, 2.45) is 0 Å². The summed E-state index contributed by atoms with van der Waals surface area (Å²) in [4.78, 5) is 8.59. The molecule has 2 rings (SSSR count). The zero-order valence-electron chi connectivity index (χ0n) is 16.3. The second kappa shape index (κ2) is 13.3. The van der Waals surface area contributed by atoms with Gasteiger partial charge in [-0.15, -0.1) is 0 Å². The minimum absolute atomic E-state index is 0.165. The number of para-hydroxylation sites is 1. The van der Waals surface area contributed by atoms with Crippen LogP contribution in [0.2, 0.25) is 0 Å². The second-order valence-corrected chi connectivity index (χ2v) is 7.07. The predicted octanol–water partition coefficient (Wildman–Crippen LogP) is 6.39. The molecular formula is C23H34N2O. The highest BCUT2D eigenvalue weighted by atomic mass is 16.5. The molecule has 1 unspecified atom stereocenters. The standard InChI is InChI=1S/C23H34N2O/c1-2-3-4-5-6-7-8-9-11-16-23(19-21-20-24-17-18-25-21)26-22-14-12-10-13-15-22/h10,12-15,17-18,20,23H,2-9,11,16,19H2,1H3. The molecular weight excluding hydrogens is 320 g/mol. The number of ether oxygens (including phenoxy) is 1. The summed E-state index contributed by atoms with van der Waals surface area (Å²) in [6.07, 6.45) is 19.5. The van der Waals surface area contributed by atoms with Gasteiger partial charge in [0.15, 0.2) is 0 Å². The summed E-state index contributed by atoms with van der Waals surface area (Å²) >= 11 is 0. The molecule has 0 N–H and O–H groups in total. The zero-order valence-corrected chi connectivity index (χ0v) is 16.3. The molecule has 0 bridgehead atoms. The summed E-state index contributed by atoms with van der Waals surface area (Å²) in [5.41, 5.74) is 1.00. The van der Waals surface area contributed by atoms with Crippen molar-refractivity contribution in [3.05, 3.63) is 54.6 Å². The molecule has 0 radical (unpaired) electrons. The Labute approximate surface area is 159 Å². The van der Waals surface area contributed by atoms with Crippen molar-refractivity contribution in [1.82, 2.24) is 9.97 Å². The van der Waals surface area contributed by atoms with Gasteiger partial charge in [0.1, 0.15) is 11.9 Å². The number of benzene rings is 1. The molecule has 1 atom stereocenters. The van der Waals surface area contributed by atoms with Crippen LogP contribution in [-0.4, -0.2) is 16.1 Å². The average molecular weight is 355 g/mol. The van der Waals surface area contributed by atoms with E-state index in [2.05, 4.69) is 16.9 Å². The van der Waals surface area contributed by atoms with Crippen molar-refractivity contribution in [2.45, 2.75) is 83.7 Å². The third-order valence-electron chi connectivity index (χ3n) is 4.73. The first kappa shape index (κ1) is 20.4. The lowest BCUT2D eigenvalue weighted by atomic mass is 10.0. The number of rotatable bonds is 14. The maximum Gasteiger partial charge on any atom is 0.119 e. The van der Waals surface area contributed by atoms with E-state index in [0.29, 0.717) is 0 Å². The lowest BCUT2D eigenvalue weighted by Crippen LogP contribution is -2.20. The Hall–Kier alpha value is -1.90. The fraction of sp³-hybridized carbons (Fsp3) is 0.565. The van der Waals surface area contributed by atoms with Gasteiger partial charge in [0, 0.05) is 25.0 Å². The molecule has 0 amide bonds. The van der Waals surface area contributed by atoms with E-state index in [1.807, 2.05) is 36.5 Å². The highest BCUT2D eigenvalue weighted by Gasteiger charge is 2.12. The van der Waals surface area contributed by atoms with Gasteiger partial charge in [-0.1, -0.05) is 76.5 Å². The van der Waals surface area contributed by atoms with Crippen LogP contribution >= 0.6 is 0 Å². The molecule has 1 heterocycles. The third kappa shape index (κ3) is 8.98. The van der Waals surface area contributed by atoms with Crippen molar-refractivity contribution in [2.75, 3.05) is 0 Å². The van der Waals surface area contributed by atoms with Gasteiger partial charge in [0.05, 0.1) is 5.69 Å². The van der Waals surface area contributed by atoms with Crippen molar-refractivity contribution in [3.8, 4) is 5.75 Å². The summed E-state index contributed by atoms with van der Waals surface area (Å²) in [6, 6.07) is 10.1. The second-order valence-electron chi connectivity index (χ2n) is 7.07. The number of nitrogens with zero attached hydrogens (tertiary/aromatic N) is 2. The maximum absolute atomic E-state index is 6.22. The molecule has 26 heavy (non-hydrogen) atoms. The Morgan fingerprint density at radius 3 is 2.19 bits per heavy atom. The smallest absolute Gasteiger partial charge is 0.119 e. The molecule has 1 aromatic heterocycles. The van der Waals surface area contributed by atoms with E-state index < -0.39 is 0 Å². The van der Waals surface area contributed by atoms with Gasteiger partial charge in [-0.3, -0.25) is 9.97 Å². The summed E-state index contributed by atoms with van der Waals surface area (Å²) in [6.45, 7) is 2.27. The maximum atomic E-state index is 6.22. The summed E-state index contributed by atoms with van der Waals surface area (Å²) in [5.74, 6) is 0.942. The van der Waals surface area contributed by atoms with E-state index in [0.717, 1.165) is 24.3 Å². The van der Waals surface area contributed by atoms with E-state index in [9.17, 15) is 0 Å². The molecule has 0 saturated carbocycles. The minimum Gasteiger partial charge on any atom is -0.490 e. The molecule has 0 aliphatic rings. The summed E-state index contributed by atoms with van der Waals surface area (Å²) in [7, 11) is 0. The lowest BCUT2D eigenvalue weighted by Gasteiger charge is -2.19. The normalized spacial score (nSPS) is 12.0. The number of unbranched alkanes of at least 4 members (excludes halogenated alkanes) is 8. The van der Waals surface area contributed by atoms with Gasteiger partial charge in [-0.05, 0) is 25.0 Å². The van der Waals surface area contributed by atoms with Gasteiger partial charge in [0.25, 0.3) is 0 Å². The van der Waals surface area contributed by atoms with Crippen LogP contribution in [-0.2, 0) is 6.42 Å². The Morgan fingerprint density at radius 1 is 0.846 bits per heavy atom. The Kier molecular flexibility index (Phi) is 10.5. The van der Waals surface area contributed by atoms with Crippen molar-refractivity contribution in [3.63, 3.8) is 0 Å². The molecule has 1 aromatic carbocycles. The van der Waals surface area contributed by atoms with Gasteiger partial charge in [-0.2, -0.15) is 0 Å². The fourth-order valence-corrected chi connectivity index (χ4v) is 3.25. The molecule has 0 spiro atoms. The largest absolute Gasteiger partial charge is 0.490 e. The highest BCUT2D eigenvalue weighted by molar-refractivity contribution is 5.21. The van der Waals surface area contributed by atoms with E-state index in [4.69, 9.17) is 4.74 Å². The molecule has 2 aromatic rings. The molecule has 3 nitrogen and oxygen atoms in total. The molecule has 0 aliphatic carbocycles. The quantitative estimate of drug-likeness (QED) is 0.369. The van der Waals surface area contributed by atoms with E-state index in [-0.39, 0.29) is 6.10 Å². The third-order valence-corrected chi connectivity index (χ3v) is 4.73. The van der Waals surface area contributed by atoms with E-state index in [1.165, 1.54) is 57.8 Å². The first-order valence-electron chi connectivity index (χ1n) is 10.3. The van der Waals surface area contributed by atoms with Crippen LogP contribution in [0.15, 0.2) is 48.9 Å². The lowest BCUT2D eigenvalue weighted by molar-refractivity contribution is 0.185. The minimum atomic E-state index is 0.165. The van der Waals surface area contributed by atoms with Crippen LogP contribution in [0.4, 0.5) is 0 Å². The van der Waals surface area contributed by atoms with Crippen LogP contribution in [0.5, 0.6) is 5.75 Å². The first-order chi connectivity index (χ1) is 12.9. The Balaban J connectivity index is 1.70. The number of hydrogen-bond acceptors (Lipinski definition) is 3. The monoisotopic (exact) mass is 354 g/mol. The van der Waals surface area contributed by atoms with Crippen LogP contribution in [0.25, 0.3) is 0 Å². The number of aromatic nitrogens is 2. The van der Waals surface area contributed by atoms with Crippen LogP contribution < -0.4 is 4.74 Å². The van der Waals surface area contributed by atoms with Gasteiger partial charge >= 0.3 is 0 Å².